The van der Waals surface area contributed by atoms with Gasteiger partial charge in [-0.2, -0.15) is 0 Å². The molecular weight excluding hydrogens is 280 g/mol. The first kappa shape index (κ1) is 23.0. The van der Waals surface area contributed by atoms with E-state index in [1.807, 2.05) is 0 Å². The standard InChI is InChI=1S/C22H46O/c1-11-17(7)19(9)21(13-15(3)4)23-22(14-16(5)6)20(10)18(8)12-2/h15-22H,11-14H2,1-10H3. The van der Waals surface area contributed by atoms with Crippen LogP contribution in [0.1, 0.15) is 94.9 Å². The molecule has 0 heterocycles. The monoisotopic (exact) mass is 326 g/mol. The topological polar surface area (TPSA) is 9.23 Å². The SMILES string of the molecule is CCC(C)C(C)C(CC(C)C)OC(CC(C)C)C(C)C(C)CC. The first-order chi connectivity index (χ1) is 10.6. The van der Waals surface area contributed by atoms with Gasteiger partial charge in [-0.3, -0.25) is 0 Å². The van der Waals surface area contributed by atoms with Gasteiger partial charge in [-0.1, -0.05) is 82.1 Å². The first-order valence-electron chi connectivity index (χ1n) is 10.3. The molecule has 0 bridgehead atoms. The molecule has 6 atom stereocenters. The third-order valence-corrected chi connectivity index (χ3v) is 6.01. The van der Waals surface area contributed by atoms with Crippen LogP contribution in [0.25, 0.3) is 0 Å². The van der Waals surface area contributed by atoms with Gasteiger partial charge >= 0.3 is 0 Å². The van der Waals surface area contributed by atoms with E-state index in [2.05, 4.69) is 69.2 Å². The van der Waals surface area contributed by atoms with E-state index < -0.39 is 0 Å². The fourth-order valence-corrected chi connectivity index (χ4v) is 3.42. The summed E-state index contributed by atoms with van der Waals surface area (Å²) in [6.07, 6.45) is 5.67. The van der Waals surface area contributed by atoms with Gasteiger partial charge in [0.05, 0.1) is 12.2 Å². The normalized spacial score (nSPS) is 20.3. The van der Waals surface area contributed by atoms with Crippen LogP contribution in [0.4, 0.5) is 0 Å². The van der Waals surface area contributed by atoms with Crippen LogP contribution >= 0.6 is 0 Å². The molecule has 0 aromatic rings. The molecule has 0 aliphatic heterocycles. The summed E-state index contributed by atoms with van der Waals surface area (Å²) in [5, 5.41) is 0. The highest BCUT2D eigenvalue weighted by atomic mass is 16.5. The number of hydrogen-bond donors (Lipinski definition) is 0. The maximum absolute atomic E-state index is 6.84. The van der Waals surface area contributed by atoms with E-state index in [0.29, 0.717) is 35.9 Å². The summed E-state index contributed by atoms with van der Waals surface area (Å²) in [7, 11) is 0. The fraction of sp³-hybridized carbons (Fsp3) is 1.00. The minimum absolute atomic E-state index is 0.403. The van der Waals surface area contributed by atoms with E-state index in [1.54, 1.807) is 0 Å². The minimum Gasteiger partial charge on any atom is -0.374 e. The van der Waals surface area contributed by atoms with Gasteiger partial charge in [-0.25, -0.2) is 0 Å². The summed E-state index contributed by atoms with van der Waals surface area (Å²) in [4.78, 5) is 0. The Morgan fingerprint density at radius 1 is 0.565 bits per heavy atom. The van der Waals surface area contributed by atoms with Gasteiger partial charge in [0, 0.05) is 0 Å². The van der Waals surface area contributed by atoms with E-state index >= 15 is 0 Å². The molecule has 0 fully saturated rings. The van der Waals surface area contributed by atoms with Crippen LogP contribution in [-0.4, -0.2) is 12.2 Å². The summed E-state index contributed by atoms with van der Waals surface area (Å²) in [6.45, 7) is 23.5. The Morgan fingerprint density at radius 3 is 1.09 bits per heavy atom. The molecule has 6 unspecified atom stereocenters. The van der Waals surface area contributed by atoms with Crippen molar-refractivity contribution >= 4 is 0 Å². The van der Waals surface area contributed by atoms with Crippen molar-refractivity contribution in [2.45, 2.75) is 107 Å². The molecule has 0 aliphatic rings. The van der Waals surface area contributed by atoms with Crippen LogP contribution < -0.4 is 0 Å². The van der Waals surface area contributed by atoms with Crippen LogP contribution in [0.3, 0.4) is 0 Å². The van der Waals surface area contributed by atoms with Crippen molar-refractivity contribution in [3.8, 4) is 0 Å². The molecule has 0 aliphatic carbocycles. The molecule has 140 valence electrons. The Labute approximate surface area is 148 Å². The highest BCUT2D eigenvalue weighted by molar-refractivity contribution is 4.79. The average Bonchev–Trinajstić information content (AvgIpc) is 2.49. The van der Waals surface area contributed by atoms with E-state index in [-0.39, 0.29) is 0 Å². The maximum Gasteiger partial charge on any atom is 0.0609 e. The molecular formula is C22H46O. The molecule has 1 heteroatoms. The first-order valence-corrected chi connectivity index (χ1v) is 10.3. The quantitative estimate of drug-likeness (QED) is 0.368. The average molecular weight is 327 g/mol. The molecule has 1 nitrogen and oxygen atoms in total. The largest absolute Gasteiger partial charge is 0.374 e. The predicted octanol–water partition coefficient (Wildman–Crippen LogP) is 7.20. The van der Waals surface area contributed by atoms with Crippen LogP contribution in [0, 0.1) is 35.5 Å². The molecule has 0 amide bonds. The van der Waals surface area contributed by atoms with Crippen LogP contribution in [0.15, 0.2) is 0 Å². The number of ether oxygens (including phenoxy) is 1. The van der Waals surface area contributed by atoms with Crippen molar-refractivity contribution in [2.24, 2.45) is 35.5 Å². The molecule has 0 radical (unpaired) electrons. The molecule has 0 saturated carbocycles. The zero-order chi connectivity index (χ0) is 18.2. The van der Waals surface area contributed by atoms with E-state index in [1.165, 1.54) is 25.7 Å². The molecule has 0 saturated heterocycles. The molecule has 0 N–H and O–H groups in total. The summed E-state index contributed by atoms with van der Waals surface area (Å²) >= 11 is 0. The van der Waals surface area contributed by atoms with E-state index in [0.717, 1.165) is 11.8 Å². The lowest BCUT2D eigenvalue weighted by atomic mass is 9.82. The van der Waals surface area contributed by atoms with Crippen molar-refractivity contribution in [2.75, 3.05) is 0 Å². The summed E-state index contributed by atoms with van der Waals surface area (Å²) < 4.78 is 6.84. The Morgan fingerprint density at radius 2 is 0.870 bits per heavy atom. The summed E-state index contributed by atoms with van der Waals surface area (Å²) in [5.41, 5.74) is 0. The molecule has 23 heavy (non-hydrogen) atoms. The van der Waals surface area contributed by atoms with Crippen molar-refractivity contribution in [3.05, 3.63) is 0 Å². The van der Waals surface area contributed by atoms with Gasteiger partial charge in [0.25, 0.3) is 0 Å². The molecule has 0 aromatic heterocycles. The Bertz CT molecular complexity index is 256. The highest BCUT2D eigenvalue weighted by Gasteiger charge is 2.30. The summed E-state index contributed by atoms with van der Waals surface area (Å²) in [5.74, 6) is 4.15. The predicted molar refractivity (Wildman–Crippen MR) is 105 cm³/mol. The third-order valence-electron chi connectivity index (χ3n) is 6.01. The third kappa shape index (κ3) is 8.57. The van der Waals surface area contributed by atoms with Gasteiger partial charge in [-0.15, -0.1) is 0 Å². The number of hydrogen-bond acceptors (Lipinski definition) is 1. The maximum atomic E-state index is 6.84. The minimum atomic E-state index is 0.403. The van der Waals surface area contributed by atoms with E-state index in [4.69, 9.17) is 4.74 Å². The molecule has 0 spiro atoms. The fourth-order valence-electron chi connectivity index (χ4n) is 3.42. The Kier molecular flexibility index (Phi) is 11.5. The second-order valence-electron chi connectivity index (χ2n) is 8.96. The van der Waals surface area contributed by atoms with Gasteiger partial charge in [0.1, 0.15) is 0 Å². The lowest BCUT2D eigenvalue weighted by Crippen LogP contribution is -2.37. The van der Waals surface area contributed by atoms with E-state index in [9.17, 15) is 0 Å². The lowest BCUT2D eigenvalue weighted by molar-refractivity contribution is -0.0955. The van der Waals surface area contributed by atoms with Crippen molar-refractivity contribution in [1.29, 1.82) is 0 Å². The second-order valence-corrected chi connectivity index (χ2v) is 8.96. The van der Waals surface area contributed by atoms with Gasteiger partial charge < -0.3 is 4.74 Å². The number of rotatable bonds is 12. The Hall–Kier alpha value is -0.0400. The lowest BCUT2D eigenvalue weighted by Gasteiger charge is -2.37. The zero-order valence-corrected chi connectivity index (χ0v) is 17.9. The Balaban J connectivity index is 5.16. The second kappa shape index (κ2) is 11.5. The van der Waals surface area contributed by atoms with Crippen LogP contribution in [0.5, 0.6) is 0 Å². The summed E-state index contributed by atoms with van der Waals surface area (Å²) in [6, 6.07) is 0. The smallest absolute Gasteiger partial charge is 0.0609 e. The van der Waals surface area contributed by atoms with Gasteiger partial charge in [-0.05, 0) is 48.3 Å². The molecule has 0 aromatic carbocycles. The van der Waals surface area contributed by atoms with Crippen LogP contribution in [0.2, 0.25) is 0 Å². The van der Waals surface area contributed by atoms with Crippen molar-refractivity contribution < 1.29 is 4.74 Å². The van der Waals surface area contributed by atoms with Gasteiger partial charge in [0.15, 0.2) is 0 Å². The van der Waals surface area contributed by atoms with Crippen LogP contribution in [-0.2, 0) is 4.74 Å². The zero-order valence-electron chi connectivity index (χ0n) is 17.9. The van der Waals surface area contributed by atoms with Crippen molar-refractivity contribution in [1.82, 2.24) is 0 Å². The van der Waals surface area contributed by atoms with Gasteiger partial charge in [0.2, 0.25) is 0 Å². The highest BCUT2D eigenvalue weighted by Crippen LogP contribution is 2.32. The molecule has 0 rings (SSSR count). The van der Waals surface area contributed by atoms with Crippen molar-refractivity contribution in [3.63, 3.8) is 0 Å².